The molecule has 0 saturated carbocycles. The summed E-state index contributed by atoms with van der Waals surface area (Å²) >= 11 is 4.99. The summed E-state index contributed by atoms with van der Waals surface area (Å²) in [5.41, 5.74) is 0.744. The predicted octanol–water partition coefficient (Wildman–Crippen LogP) is 1.87. The molecule has 1 rings (SSSR count). The van der Waals surface area contributed by atoms with Gasteiger partial charge in [-0.3, -0.25) is 10.1 Å². The molecule has 6 heteroatoms. The summed E-state index contributed by atoms with van der Waals surface area (Å²) in [7, 11) is 3.47. The van der Waals surface area contributed by atoms with Gasteiger partial charge in [0.1, 0.15) is 0 Å². The van der Waals surface area contributed by atoms with Crippen LogP contribution in [0.25, 0.3) is 0 Å². The van der Waals surface area contributed by atoms with E-state index < -0.39 is 11.0 Å². The topological polar surface area (TPSA) is 55.6 Å². The van der Waals surface area contributed by atoms with E-state index in [4.69, 9.17) is 17.0 Å². The molecule has 0 fully saturated rings. The second-order valence-electron chi connectivity index (χ2n) is 3.69. The minimum atomic E-state index is -0.652. The van der Waals surface area contributed by atoms with E-state index in [0.717, 1.165) is 5.56 Å². The van der Waals surface area contributed by atoms with E-state index in [-0.39, 0.29) is 11.7 Å². The summed E-state index contributed by atoms with van der Waals surface area (Å²) in [4.78, 5) is 11.8. The third kappa shape index (κ3) is 4.36. The highest BCUT2D eigenvalue weighted by Crippen LogP contribution is 2.18. The molecule has 5 nitrogen and oxygen atoms in total. The molecular formula is C11H14N2O3S. The molecule has 0 aliphatic carbocycles. The van der Waals surface area contributed by atoms with Gasteiger partial charge in [0.05, 0.1) is 0 Å². The van der Waals surface area contributed by atoms with Crippen LogP contribution in [0, 0.1) is 10.1 Å². The second kappa shape index (κ2) is 6.15. The van der Waals surface area contributed by atoms with Crippen LogP contribution < -0.4 is 0 Å². The molecule has 0 aliphatic heterocycles. The van der Waals surface area contributed by atoms with E-state index >= 15 is 0 Å². The van der Waals surface area contributed by atoms with Gasteiger partial charge in [0.2, 0.25) is 6.54 Å². The van der Waals surface area contributed by atoms with Crippen LogP contribution in [-0.2, 0) is 4.74 Å². The van der Waals surface area contributed by atoms with Crippen molar-refractivity contribution in [2.45, 2.75) is 6.10 Å². The van der Waals surface area contributed by atoms with Crippen LogP contribution in [0.3, 0.4) is 0 Å². The normalized spacial score (nSPS) is 11.6. The van der Waals surface area contributed by atoms with Crippen LogP contribution in [0.5, 0.6) is 0 Å². The predicted molar refractivity (Wildman–Crippen MR) is 68.4 cm³/mol. The van der Waals surface area contributed by atoms with Gasteiger partial charge in [0.15, 0.2) is 6.10 Å². The molecule has 0 heterocycles. The molecule has 1 atom stereocenters. The number of thiocarbonyl (C=S) groups is 1. The van der Waals surface area contributed by atoms with Gasteiger partial charge < -0.3 is 9.64 Å². The molecular weight excluding hydrogens is 240 g/mol. The Balaban J connectivity index is 2.81. The Morgan fingerprint density at radius 2 is 2.06 bits per heavy atom. The maximum atomic E-state index is 10.6. The summed E-state index contributed by atoms with van der Waals surface area (Å²) in [6, 6.07) is 9.03. The van der Waals surface area contributed by atoms with Gasteiger partial charge in [-0.1, -0.05) is 30.3 Å². The second-order valence-corrected chi connectivity index (χ2v) is 4.04. The van der Waals surface area contributed by atoms with Crippen molar-refractivity contribution < 1.29 is 9.66 Å². The molecule has 1 unspecified atom stereocenters. The zero-order valence-electron chi connectivity index (χ0n) is 9.70. The van der Waals surface area contributed by atoms with Gasteiger partial charge in [-0.05, 0) is 17.8 Å². The van der Waals surface area contributed by atoms with Gasteiger partial charge in [-0.15, -0.1) is 0 Å². The molecule has 92 valence electrons. The van der Waals surface area contributed by atoms with Crippen LogP contribution in [0.15, 0.2) is 30.3 Å². The molecule has 0 aromatic heterocycles. The molecule has 0 aliphatic rings. The number of nitrogens with zero attached hydrogens (tertiary/aromatic N) is 2. The Hall–Kier alpha value is -1.69. The molecule has 0 N–H and O–H groups in total. The summed E-state index contributed by atoms with van der Waals surface area (Å²) in [5.74, 6) is 0. The summed E-state index contributed by atoms with van der Waals surface area (Å²) in [6.45, 7) is -0.308. The van der Waals surface area contributed by atoms with Crippen molar-refractivity contribution in [1.29, 1.82) is 0 Å². The van der Waals surface area contributed by atoms with Gasteiger partial charge in [-0.25, -0.2) is 0 Å². The Kier molecular flexibility index (Phi) is 4.84. The lowest BCUT2D eigenvalue weighted by Gasteiger charge is -2.20. The van der Waals surface area contributed by atoms with Gasteiger partial charge in [0.25, 0.3) is 5.17 Å². The highest BCUT2D eigenvalue weighted by Gasteiger charge is 2.21. The lowest BCUT2D eigenvalue weighted by atomic mass is 10.1. The summed E-state index contributed by atoms with van der Waals surface area (Å²) in [6.07, 6.45) is -0.652. The zero-order valence-corrected chi connectivity index (χ0v) is 10.5. The first-order chi connectivity index (χ1) is 8.00. The lowest BCUT2D eigenvalue weighted by Crippen LogP contribution is -2.27. The lowest BCUT2D eigenvalue weighted by molar-refractivity contribution is -0.490. The largest absolute Gasteiger partial charge is 0.456 e. The van der Waals surface area contributed by atoms with E-state index in [1.165, 1.54) is 0 Å². The molecule has 0 spiro atoms. The average molecular weight is 254 g/mol. The van der Waals surface area contributed by atoms with Crippen molar-refractivity contribution >= 4 is 17.4 Å². The Labute approximate surface area is 105 Å². The van der Waals surface area contributed by atoms with E-state index in [0.29, 0.717) is 0 Å². The van der Waals surface area contributed by atoms with Crippen molar-refractivity contribution in [3.63, 3.8) is 0 Å². The van der Waals surface area contributed by atoms with E-state index in [1.807, 2.05) is 18.2 Å². The van der Waals surface area contributed by atoms with Crippen molar-refractivity contribution in [2.24, 2.45) is 0 Å². The van der Waals surface area contributed by atoms with E-state index in [1.54, 1.807) is 31.1 Å². The van der Waals surface area contributed by atoms with Crippen LogP contribution >= 0.6 is 12.2 Å². The Morgan fingerprint density at radius 1 is 1.47 bits per heavy atom. The van der Waals surface area contributed by atoms with Crippen molar-refractivity contribution in [3.05, 3.63) is 46.0 Å². The number of benzene rings is 1. The number of hydrogen-bond donors (Lipinski definition) is 0. The maximum absolute atomic E-state index is 10.6. The van der Waals surface area contributed by atoms with E-state index in [2.05, 4.69) is 0 Å². The quantitative estimate of drug-likeness (QED) is 0.466. The molecule has 0 amide bonds. The molecule has 0 radical (unpaired) electrons. The third-order valence-electron chi connectivity index (χ3n) is 2.09. The number of hydrogen-bond acceptors (Lipinski definition) is 4. The van der Waals surface area contributed by atoms with Crippen LogP contribution in [0.4, 0.5) is 0 Å². The first kappa shape index (κ1) is 13.4. The Morgan fingerprint density at radius 3 is 2.53 bits per heavy atom. The molecule has 17 heavy (non-hydrogen) atoms. The van der Waals surface area contributed by atoms with Crippen LogP contribution in [-0.4, -0.2) is 35.6 Å². The van der Waals surface area contributed by atoms with Crippen LogP contribution in [0.1, 0.15) is 11.7 Å². The van der Waals surface area contributed by atoms with Crippen molar-refractivity contribution in [2.75, 3.05) is 20.6 Å². The SMILES string of the molecule is CN(C)C(=S)OC(C[N+](=O)[O-])c1ccccc1. The number of rotatable bonds is 4. The smallest absolute Gasteiger partial charge is 0.259 e. The standard InChI is InChI=1S/C11H14N2O3S/c1-12(2)11(17)16-10(8-13(14)15)9-6-4-3-5-7-9/h3-7,10H,8H2,1-2H3. The molecule has 1 aromatic rings. The minimum Gasteiger partial charge on any atom is -0.456 e. The fraction of sp³-hybridized carbons (Fsp3) is 0.364. The fourth-order valence-electron chi connectivity index (χ4n) is 1.24. The highest BCUT2D eigenvalue weighted by atomic mass is 32.1. The van der Waals surface area contributed by atoms with Gasteiger partial charge >= 0.3 is 0 Å². The number of nitro groups is 1. The summed E-state index contributed by atoms with van der Waals surface area (Å²) in [5, 5.41) is 10.8. The zero-order chi connectivity index (χ0) is 12.8. The third-order valence-corrected chi connectivity index (χ3v) is 2.56. The molecule has 1 aromatic carbocycles. The van der Waals surface area contributed by atoms with Crippen LogP contribution in [0.2, 0.25) is 0 Å². The molecule has 0 bridgehead atoms. The monoisotopic (exact) mass is 254 g/mol. The maximum Gasteiger partial charge on any atom is 0.259 e. The highest BCUT2D eigenvalue weighted by molar-refractivity contribution is 7.80. The van der Waals surface area contributed by atoms with Gasteiger partial charge in [0, 0.05) is 19.0 Å². The molecule has 0 saturated heterocycles. The minimum absolute atomic E-state index is 0.237. The number of ether oxygens (including phenoxy) is 1. The first-order valence-electron chi connectivity index (χ1n) is 5.05. The van der Waals surface area contributed by atoms with Crippen molar-refractivity contribution in [1.82, 2.24) is 4.90 Å². The average Bonchev–Trinajstić information content (AvgIpc) is 2.28. The summed E-state index contributed by atoms with van der Waals surface area (Å²) < 4.78 is 5.42. The van der Waals surface area contributed by atoms with Crippen molar-refractivity contribution in [3.8, 4) is 0 Å². The fourth-order valence-corrected chi connectivity index (χ4v) is 1.36. The Bertz CT molecular complexity index is 395. The van der Waals surface area contributed by atoms with E-state index in [9.17, 15) is 10.1 Å². The van der Waals surface area contributed by atoms with Gasteiger partial charge in [-0.2, -0.15) is 0 Å². The first-order valence-corrected chi connectivity index (χ1v) is 5.46.